The summed E-state index contributed by atoms with van der Waals surface area (Å²) in [5.74, 6) is -0.654. The first-order valence-electron chi connectivity index (χ1n) is 6.44. The standard InChI is InChI=1S/C16H12N2O3/c1-21-16(20)11-8-6-10(7-9-11)14-17-13-5-3-2-4-12(13)15(19)18-14/h2-9,12H,1H3. The van der Waals surface area contributed by atoms with E-state index >= 15 is 0 Å². The lowest BCUT2D eigenvalue weighted by Gasteiger charge is -2.17. The maximum Gasteiger partial charge on any atom is 0.337 e. The van der Waals surface area contributed by atoms with Crippen LogP contribution >= 0.6 is 0 Å². The number of amidine groups is 1. The van der Waals surface area contributed by atoms with Gasteiger partial charge in [0.25, 0.3) is 5.91 Å². The molecule has 0 radical (unpaired) electrons. The first kappa shape index (κ1) is 13.2. The number of hydrogen-bond donors (Lipinski definition) is 0. The van der Waals surface area contributed by atoms with Crippen LogP contribution in [0.3, 0.4) is 0 Å². The molecule has 0 saturated carbocycles. The number of hydrogen-bond acceptors (Lipinski definition) is 4. The van der Waals surface area contributed by atoms with Crippen molar-refractivity contribution in [1.82, 2.24) is 0 Å². The summed E-state index contributed by atoms with van der Waals surface area (Å²) in [6, 6.07) is 6.64. The minimum absolute atomic E-state index is 0.229. The zero-order chi connectivity index (χ0) is 14.8. The van der Waals surface area contributed by atoms with Crippen LogP contribution in [0.15, 0.2) is 58.6 Å². The van der Waals surface area contributed by atoms with Gasteiger partial charge in [0.15, 0.2) is 5.84 Å². The predicted octanol–water partition coefficient (Wildman–Crippen LogP) is 1.94. The molecule has 5 nitrogen and oxygen atoms in total. The SMILES string of the molecule is COC(=O)c1ccc(C2=NC(=O)C3C=CC=CC3=N2)cc1. The van der Waals surface area contributed by atoms with Gasteiger partial charge in [-0.05, 0) is 18.2 Å². The first-order valence-corrected chi connectivity index (χ1v) is 6.44. The van der Waals surface area contributed by atoms with Gasteiger partial charge in [0.05, 0.1) is 18.4 Å². The number of benzene rings is 1. The van der Waals surface area contributed by atoms with Gasteiger partial charge in [0, 0.05) is 5.56 Å². The van der Waals surface area contributed by atoms with E-state index in [-0.39, 0.29) is 11.8 Å². The summed E-state index contributed by atoms with van der Waals surface area (Å²) in [6.07, 6.45) is 7.24. The van der Waals surface area contributed by atoms with Crippen LogP contribution in [0.2, 0.25) is 0 Å². The molecule has 5 heteroatoms. The minimum atomic E-state index is -0.407. The molecule has 0 N–H and O–H groups in total. The number of aliphatic imine (C=N–C) groups is 2. The number of fused-ring (bicyclic) bond motifs is 1. The van der Waals surface area contributed by atoms with Crippen LogP contribution in [0.5, 0.6) is 0 Å². The number of rotatable bonds is 2. The van der Waals surface area contributed by atoms with Crippen LogP contribution in [0.1, 0.15) is 15.9 Å². The third kappa shape index (κ3) is 2.45. The fourth-order valence-electron chi connectivity index (χ4n) is 2.17. The van der Waals surface area contributed by atoms with Crippen LogP contribution in [-0.4, -0.2) is 30.5 Å². The lowest BCUT2D eigenvalue weighted by Crippen LogP contribution is -2.27. The van der Waals surface area contributed by atoms with Gasteiger partial charge < -0.3 is 4.74 Å². The third-order valence-electron chi connectivity index (χ3n) is 3.28. The molecule has 3 rings (SSSR count). The Morgan fingerprint density at radius 3 is 2.62 bits per heavy atom. The number of methoxy groups -OCH3 is 1. The van der Waals surface area contributed by atoms with E-state index in [1.165, 1.54) is 7.11 Å². The number of allylic oxidation sites excluding steroid dienone is 3. The van der Waals surface area contributed by atoms with Gasteiger partial charge in [0.2, 0.25) is 0 Å². The molecule has 1 aromatic carbocycles. The highest BCUT2D eigenvalue weighted by atomic mass is 16.5. The largest absolute Gasteiger partial charge is 0.465 e. The highest BCUT2D eigenvalue weighted by Gasteiger charge is 2.26. The quantitative estimate of drug-likeness (QED) is 0.777. The molecule has 1 aliphatic carbocycles. The second-order valence-electron chi connectivity index (χ2n) is 4.60. The molecule has 1 aromatic rings. The molecule has 21 heavy (non-hydrogen) atoms. The zero-order valence-corrected chi connectivity index (χ0v) is 11.3. The highest BCUT2D eigenvalue weighted by molar-refractivity contribution is 6.24. The van der Waals surface area contributed by atoms with Crippen LogP contribution in [0.4, 0.5) is 0 Å². The molecule has 1 aliphatic heterocycles. The van der Waals surface area contributed by atoms with Crippen molar-refractivity contribution in [3.05, 3.63) is 59.7 Å². The summed E-state index contributed by atoms with van der Waals surface area (Å²) in [5.41, 5.74) is 1.81. The molecule has 0 aromatic heterocycles. The monoisotopic (exact) mass is 280 g/mol. The van der Waals surface area contributed by atoms with Crippen molar-refractivity contribution >= 4 is 23.4 Å². The van der Waals surface area contributed by atoms with E-state index in [4.69, 9.17) is 0 Å². The molecule has 1 unspecified atom stereocenters. The topological polar surface area (TPSA) is 68.1 Å². The zero-order valence-electron chi connectivity index (χ0n) is 11.3. The van der Waals surface area contributed by atoms with E-state index in [0.717, 1.165) is 0 Å². The molecule has 0 saturated heterocycles. The summed E-state index contributed by atoms with van der Waals surface area (Å²) < 4.78 is 4.64. The van der Waals surface area contributed by atoms with Gasteiger partial charge in [-0.2, -0.15) is 4.99 Å². The highest BCUT2D eigenvalue weighted by Crippen LogP contribution is 2.19. The van der Waals surface area contributed by atoms with Gasteiger partial charge in [-0.3, -0.25) is 4.79 Å². The number of nitrogens with zero attached hydrogens (tertiary/aromatic N) is 2. The van der Waals surface area contributed by atoms with E-state index in [1.807, 2.05) is 12.2 Å². The first-order chi connectivity index (χ1) is 10.2. The Morgan fingerprint density at radius 2 is 1.90 bits per heavy atom. The Balaban J connectivity index is 1.92. The van der Waals surface area contributed by atoms with Crippen molar-refractivity contribution in [1.29, 1.82) is 0 Å². The second-order valence-corrected chi connectivity index (χ2v) is 4.60. The Morgan fingerprint density at radius 1 is 1.14 bits per heavy atom. The summed E-state index contributed by atoms with van der Waals surface area (Å²) >= 11 is 0. The van der Waals surface area contributed by atoms with Crippen molar-refractivity contribution in [3.8, 4) is 0 Å². The third-order valence-corrected chi connectivity index (χ3v) is 3.28. The summed E-state index contributed by atoms with van der Waals surface area (Å²) in [6.45, 7) is 0. The van der Waals surface area contributed by atoms with E-state index in [2.05, 4.69) is 14.7 Å². The van der Waals surface area contributed by atoms with E-state index in [0.29, 0.717) is 22.7 Å². The lowest BCUT2D eigenvalue weighted by atomic mass is 9.96. The van der Waals surface area contributed by atoms with Crippen LogP contribution < -0.4 is 0 Å². The Hall–Kier alpha value is -2.82. The second kappa shape index (κ2) is 5.28. The van der Waals surface area contributed by atoms with Crippen LogP contribution in [-0.2, 0) is 9.53 Å². The number of esters is 1. The van der Waals surface area contributed by atoms with Crippen molar-refractivity contribution in [2.24, 2.45) is 15.9 Å². The fraction of sp³-hybridized carbons (Fsp3) is 0.125. The number of ether oxygens (including phenoxy) is 1. The normalized spacial score (nSPS) is 19.7. The average Bonchev–Trinajstić information content (AvgIpc) is 2.54. The molecule has 0 bridgehead atoms. The van der Waals surface area contributed by atoms with Crippen molar-refractivity contribution in [3.63, 3.8) is 0 Å². The fourth-order valence-corrected chi connectivity index (χ4v) is 2.17. The Bertz CT molecular complexity index is 724. The van der Waals surface area contributed by atoms with Gasteiger partial charge >= 0.3 is 5.97 Å². The predicted molar refractivity (Wildman–Crippen MR) is 78.5 cm³/mol. The summed E-state index contributed by atoms with van der Waals surface area (Å²) in [7, 11) is 1.33. The van der Waals surface area contributed by atoms with Gasteiger partial charge in [-0.15, -0.1) is 0 Å². The van der Waals surface area contributed by atoms with Crippen molar-refractivity contribution < 1.29 is 14.3 Å². The van der Waals surface area contributed by atoms with E-state index in [1.54, 1.807) is 36.4 Å². The molecule has 1 heterocycles. The van der Waals surface area contributed by atoms with Crippen molar-refractivity contribution in [2.45, 2.75) is 0 Å². The maximum absolute atomic E-state index is 12.0. The molecular weight excluding hydrogens is 268 g/mol. The van der Waals surface area contributed by atoms with E-state index in [9.17, 15) is 9.59 Å². The molecule has 104 valence electrons. The lowest BCUT2D eigenvalue weighted by molar-refractivity contribution is -0.118. The molecular formula is C16H12N2O3. The minimum Gasteiger partial charge on any atom is -0.465 e. The van der Waals surface area contributed by atoms with Gasteiger partial charge in [0.1, 0.15) is 5.92 Å². The molecule has 0 fully saturated rings. The average molecular weight is 280 g/mol. The van der Waals surface area contributed by atoms with Crippen LogP contribution in [0.25, 0.3) is 0 Å². The number of carbonyl (C=O) groups excluding carboxylic acids is 2. The Labute approximate surface area is 121 Å². The molecule has 0 spiro atoms. The maximum atomic E-state index is 12.0. The van der Waals surface area contributed by atoms with Crippen molar-refractivity contribution in [2.75, 3.05) is 7.11 Å². The molecule has 1 amide bonds. The summed E-state index contributed by atoms with van der Waals surface area (Å²) in [4.78, 5) is 31.8. The number of amides is 1. The number of carbonyl (C=O) groups is 2. The van der Waals surface area contributed by atoms with E-state index < -0.39 is 5.97 Å². The Kier molecular flexibility index (Phi) is 3.31. The van der Waals surface area contributed by atoms with Gasteiger partial charge in [-0.25, -0.2) is 9.79 Å². The van der Waals surface area contributed by atoms with Gasteiger partial charge in [-0.1, -0.05) is 30.4 Å². The molecule has 1 atom stereocenters. The summed E-state index contributed by atoms with van der Waals surface area (Å²) in [5, 5.41) is 0. The van der Waals surface area contributed by atoms with Crippen LogP contribution in [0, 0.1) is 5.92 Å². The smallest absolute Gasteiger partial charge is 0.337 e. The molecule has 2 aliphatic rings.